The van der Waals surface area contributed by atoms with E-state index in [1.807, 2.05) is 0 Å². The summed E-state index contributed by atoms with van der Waals surface area (Å²) in [5.41, 5.74) is 4.74. The van der Waals surface area contributed by atoms with Crippen molar-refractivity contribution in [2.24, 2.45) is 0 Å². The Hall–Kier alpha value is -2.02. The number of anilines is 3. The molecule has 0 atom stereocenters. The minimum Gasteiger partial charge on any atom is -0.368 e. The molecule has 0 saturated heterocycles. The number of aromatic nitrogens is 2. The van der Waals surface area contributed by atoms with Crippen LogP contribution in [0, 0.1) is 17.5 Å². The number of rotatable bonds is 2. The Balaban J connectivity index is 2.43. The smallest absolute Gasteiger partial charge is 0.222 e. The van der Waals surface area contributed by atoms with Crippen LogP contribution in [0.3, 0.4) is 0 Å². The minimum atomic E-state index is -1.11. The highest BCUT2D eigenvalue weighted by molar-refractivity contribution is 6.32. The molecule has 0 bridgehead atoms. The molecule has 0 aliphatic rings. The van der Waals surface area contributed by atoms with Crippen molar-refractivity contribution in [3.05, 3.63) is 40.8 Å². The van der Waals surface area contributed by atoms with E-state index in [4.69, 9.17) is 17.3 Å². The van der Waals surface area contributed by atoms with Crippen molar-refractivity contribution in [1.82, 2.24) is 9.97 Å². The molecule has 0 radical (unpaired) electrons. The number of nitrogens with zero attached hydrogens (tertiary/aromatic N) is 2. The van der Waals surface area contributed by atoms with Crippen LogP contribution < -0.4 is 11.1 Å². The zero-order valence-corrected chi connectivity index (χ0v) is 9.47. The molecule has 1 aromatic carbocycles. The molecule has 94 valence electrons. The molecule has 2 aromatic rings. The Morgan fingerprint density at radius 3 is 2.39 bits per heavy atom. The molecule has 8 heteroatoms. The van der Waals surface area contributed by atoms with E-state index < -0.39 is 23.1 Å². The molecule has 0 spiro atoms. The van der Waals surface area contributed by atoms with Crippen LogP contribution in [-0.4, -0.2) is 9.97 Å². The third-order valence-electron chi connectivity index (χ3n) is 2.01. The van der Waals surface area contributed by atoms with Gasteiger partial charge in [0.1, 0.15) is 16.5 Å². The minimum absolute atomic E-state index is 0.0207. The highest BCUT2D eigenvalue weighted by Gasteiger charge is 2.14. The number of nitrogen functional groups attached to an aromatic ring is 1. The van der Waals surface area contributed by atoms with Gasteiger partial charge in [0, 0.05) is 12.1 Å². The first-order valence-electron chi connectivity index (χ1n) is 4.67. The van der Waals surface area contributed by atoms with Gasteiger partial charge in [-0.25, -0.2) is 18.2 Å². The molecule has 2 rings (SSSR count). The van der Waals surface area contributed by atoms with Gasteiger partial charge in [-0.15, -0.1) is 0 Å². The van der Waals surface area contributed by atoms with Gasteiger partial charge in [-0.3, -0.25) is 0 Å². The fourth-order valence-electron chi connectivity index (χ4n) is 1.25. The number of hydrogen-bond donors (Lipinski definition) is 2. The molecule has 0 aliphatic heterocycles. The van der Waals surface area contributed by atoms with Crippen molar-refractivity contribution in [2.75, 3.05) is 11.1 Å². The van der Waals surface area contributed by atoms with Gasteiger partial charge in [-0.1, -0.05) is 11.6 Å². The Bertz CT molecular complexity index is 583. The van der Waals surface area contributed by atoms with E-state index in [0.717, 1.165) is 0 Å². The maximum absolute atomic E-state index is 13.4. The van der Waals surface area contributed by atoms with E-state index >= 15 is 0 Å². The Morgan fingerprint density at radius 2 is 1.78 bits per heavy atom. The highest BCUT2D eigenvalue weighted by Crippen LogP contribution is 2.27. The number of nitrogens with two attached hydrogens (primary N) is 1. The van der Waals surface area contributed by atoms with Gasteiger partial charge in [0.2, 0.25) is 5.95 Å². The van der Waals surface area contributed by atoms with Gasteiger partial charge in [0.05, 0.1) is 6.20 Å². The Morgan fingerprint density at radius 1 is 1.17 bits per heavy atom. The first-order valence-corrected chi connectivity index (χ1v) is 5.04. The zero-order chi connectivity index (χ0) is 13.3. The van der Waals surface area contributed by atoms with Crippen LogP contribution in [0.15, 0.2) is 18.3 Å². The fourth-order valence-corrected chi connectivity index (χ4v) is 1.39. The van der Waals surface area contributed by atoms with Gasteiger partial charge in [-0.05, 0) is 0 Å². The lowest BCUT2D eigenvalue weighted by molar-refractivity contribution is 0.549. The fraction of sp³-hybridized carbons (Fsp3) is 0. The first-order chi connectivity index (χ1) is 8.47. The maximum Gasteiger partial charge on any atom is 0.222 e. The number of nitrogens with one attached hydrogen (secondary N) is 1. The predicted octanol–water partition coefficient (Wildman–Crippen LogP) is 2.87. The molecule has 3 N–H and O–H groups in total. The Labute approximate surface area is 105 Å². The lowest BCUT2D eigenvalue weighted by Gasteiger charge is -2.09. The average molecular weight is 275 g/mol. The molecule has 0 fully saturated rings. The molecule has 0 saturated carbocycles. The normalized spacial score (nSPS) is 10.4. The van der Waals surface area contributed by atoms with Crippen LogP contribution in [0.4, 0.5) is 30.6 Å². The summed E-state index contributed by atoms with van der Waals surface area (Å²) in [5, 5.41) is 2.32. The summed E-state index contributed by atoms with van der Waals surface area (Å²) in [6, 6.07) is 1.06. The Kier molecular flexibility index (Phi) is 3.24. The largest absolute Gasteiger partial charge is 0.368 e. The summed E-state index contributed by atoms with van der Waals surface area (Å²) in [4.78, 5) is 7.26. The van der Waals surface area contributed by atoms with Gasteiger partial charge in [0.25, 0.3) is 0 Å². The number of halogens is 4. The van der Waals surface area contributed by atoms with Crippen molar-refractivity contribution in [3.8, 4) is 0 Å². The molecule has 1 aromatic heterocycles. The highest BCUT2D eigenvalue weighted by atomic mass is 35.5. The first kappa shape index (κ1) is 12.4. The van der Waals surface area contributed by atoms with E-state index in [1.165, 1.54) is 6.20 Å². The second kappa shape index (κ2) is 4.69. The lowest BCUT2D eigenvalue weighted by Crippen LogP contribution is -2.03. The van der Waals surface area contributed by atoms with E-state index in [2.05, 4.69) is 15.3 Å². The van der Waals surface area contributed by atoms with Crippen molar-refractivity contribution in [1.29, 1.82) is 0 Å². The van der Waals surface area contributed by atoms with E-state index in [9.17, 15) is 13.2 Å². The van der Waals surface area contributed by atoms with Crippen molar-refractivity contribution < 1.29 is 13.2 Å². The monoisotopic (exact) mass is 274 g/mol. The quantitative estimate of drug-likeness (QED) is 0.884. The lowest BCUT2D eigenvalue weighted by atomic mass is 10.2. The summed E-state index contributed by atoms with van der Waals surface area (Å²) in [6.07, 6.45) is 1.17. The summed E-state index contributed by atoms with van der Waals surface area (Å²) in [7, 11) is 0. The number of hydrogen-bond acceptors (Lipinski definition) is 4. The molecule has 4 nitrogen and oxygen atoms in total. The SMILES string of the molecule is Nc1ncc(Cl)c(Nc2c(F)cc(F)cc2F)n1. The van der Waals surface area contributed by atoms with Crippen LogP contribution >= 0.6 is 11.6 Å². The molecule has 1 heterocycles. The van der Waals surface area contributed by atoms with E-state index in [1.54, 1.807) is 0 Å². The number of benzene rings is 1. The molecule has 18 heavy (non-hydrogen) atoms. The zero-order valence-electron chi connectivity index (χ0n) is 8.72. The van der Waals surface area contributed by atoms with Crippen LogP contribution in [0.1, 0.15) is 0 Å². The maximum atomic E-state index is 13.4. The third kappa shape index (κ3) is 2.45. The van der Waals surface area contributed by atoms with E-state index in [0.29, 0.717) is 12.1 Å². The van der Waals surface area contributed by atoms with Crippen LogP contribution in [0.2, 0.25) is 5.02 Å². The van der Waals surface area contributed by atoms with Crippen molar-refractivity contribution >= 4 is 29.1 Å². The van der Waals surface area contributed by atoms with Gasteiger partial charge in [0.15, 0.2) is 17.5 Å². The van der Waals surface area contributed by atoms with Gasteiger partial charge < -0.3 is 11.1 Å². The predicted molar refractivity (Wildman–Crippen MR) is 61.1 cm³/mol. The molecule has 0 aliphatic carbocycles. The second-order valence-electron chi connectivity index (χ2n) is 3.29. The average Bonchev–Trinajstić information content (AvgIpc) is 2.28. The topological polar surface area (TPSA) is 63.8 Å². The van der Waals surface area contributed by atoms with E-state index in [-0.39, 0.29) is 16.8 Å². The summed E-state index contributed by atoms with van der Waals surface area (Å²) >= 11 is 5.72. The standard InChI is InChI=1S/C10H6ClF3N4/c11-5-3-16-10(15)18-9(5)17-8-6(13)1-4(12)2-7(8)14/h1-3H,(H3,15,16,17,18). The van der Waals surface area contributed by atoms with Gasteiger partial charge >= 0.3 is 0 Å². The van der Waals surface area contributed by atoms with Crippen molar-refractivity contribution in [2.45, 2.75) is 0 Å². The van der Waals surface area contributed by atoms with Crippen LogP contribution in [-0.2, 0) is 0 Å². The molecular weight excluding hydrogens is 269 g/mol. The summed E-state index contributed by atoms with van der Waals surface area (Å²) in [5.74, 6) is -3.44. The van der Waals surface area contributed by atoms with Crippen LogP contribution in [0.5, 0.6) is 0 Å². The molecule has 0 amide bonds. The summed E-state index contributed by atoms with van der Waals surface area (Å²) < 4.78 is 39.4. The summed E-state index contributed by atoms with van der Waals surface area (Å²) in [6.45, 7) is 0. The second-order valence-corrected chi connectivity index (χ2v) is 3.70. The molecular formula is C10H6ClF3N4. The van der Waals surface area contributed by atoms with Crippen LogP contribution in [0.25, 0.3) is 0 Å². The molecule has 0 unspecified atom stereocenters. The van der Waals surface area contributed by atoms with Gasteiger partial charge in [-0.2, -0.15) is 4.98 Å². The third-order valence-corrected chi connectivity index (χ3v) is 2.29. The van der Waals surface area contributed by atoms with Crippen molar-refractivity contribution in [3.63, 3.8) is 0 Å².